The maximum Gasteiger partial charge on any atom is 0.308 e. The first-order valence-corrected chi connectivity index (χ1v) is 6.67. The summed E-state index contributed by atoms with van der Waals surface area (Å²) in [6.07, 6.45) is 3.98. The molecule has 104 valence electrons. The number of methoxy groups -OCH3 is 1. The fourth-order valence-electron chi connectivity index (χ4n) is 1.43. The van der Waals surface area contributed by atoms with Gasteiger partial charge in [0.1, 0.15) is 6.67 Å². The van der Waals surface area contributed by atoms with E-state index in [-0.39, 0.29) is 18.5 Å². The number of esters is 1. The second kappa shape index (κ2) is 10.3. The third kappa shape index (κ3) is 6.91. The first-order chi connectivity index (χ1) is 8.58. The normalized spacial score (nSPS) is 14.5. The number of ether oxygens (including phenoxy) is 2. The Hall–Kier alpha value is -0.680. The largest absolute Gasteiger partial charge is 0.466 e. The number of carbonyl (C=O) groups excluding carboxylic acids is 1. The van der Waals surface area contributed by atoms with Crippen LogP contribution in [0.5, 0.6) is 0 Å². The Morgan fingerprint density at radius 3 is 2.50 bits per heavy atom. The molecule has 0 amide bonds. The van der Waals surface area contributed by atoms with Crippen LogP contribution in [0.1, 0.15) is 26.7 Å². The van der Waals surface area contributed by atoms with Crippen molar-refractivity contribution in [3.05, 3.63) is 22.2 Å². The molecule has 0 aromatic heterocycles. The Balaban J connectivity index is 4.72. The zero-order valence-electron chi connectivity index (χ0n) is 11.0. The minimum absolute atomic E-state index is 0.172. The monoisotopic (exact) mass is 322 g/mol. The van der Waals surface area contributed by atoms with Gasteiger partial charge in [-0.05, 0) is 25.0 Å². The summed E-state index contributed by atoms with van der Waals surface area (Å²) >= 11 is 3.09. The molecule has 0 saturated heterocycles. The van der Waals surface area contributed by atoms with Crippen LogP contribution in [0.3, 0.4) is 0 Å². The van der Waals surface area contributed by atoms with Crippen molar-refractivity contribution in [2.45, 2.75) is 32.8 Å². The van der Waals surface area contributed by atoms with Gasteiger partial charge in [-0.15, -0.1) is 0 Å². The summed E-state index contributed by atoms with van der Waals surface area (Å²) in [5, 5.41) is 0. The molecule has 0 heterocycles. The van der Waals surface area contributed by atoms with Crippen LogP contribution in [0.4, 0.5) is 4.39 Å². The maximum absolute atomic E-state index is 12.3. The van der Waals surface area contributed by atoms with Crippen molar-refractivity contribution in [2.75, 3.05) is 20.4 Å². The average Bonchev–Trinajstić information content (AvgIpc) is 2.37. The number of hydrogen-bond donors (Lipinski definition) is 0. The van der Waals surface area contributed by atoms with Gasteiger partial charge in [0.2, 0.25) is 0 Å². The summed E-state index contributed by atoms with van der Waals surface area (Å²) < 4.78 is 22.9. The van der Waals surface area contributed by atoms with E-state index < -0.39 is 6.67 Å². The molecule has 0 aliphatic heterocycles. The van der Waals surface area contributed by atoms with Gasteiger partial charge in [-0.2, -0.15) is 0 Å². The number of halogens is 2. The van der Waals surface area contributed by atoms with Crippen molar-refractivity contribution in [3.8, 4) is 0 Å². The molecule has 0 bridgehead atoms. The maximum atomic E-state index is 12.3. The summed E-state index contributed by atoms with van der Waals surface area (Å²) in [6.45, 7) is 3.52. The van der Waals surface area contributed by atoms with Gasteiger partial charge in [-0.3, -0.25) is 4.79 Å². The van der Waals surface area contributed by atoms with Crippen LogP contribution in [-0.2, 0) is 14.3 Å². The van der Waals surface area contributed by atoms with E-state index in [2.05, 4.69) is 15.9 Å². The predicted molar refractivity (Wildman–Crippen MR) is 73.4 cm³/mol. The minimum atomic E-state index is -0.553. The zero-order chi connectivity index (χ0) is 14.0. The van der Waals surface area contributed by atoms with Crippen molar-refractivity contribution < 1.29 is 18.7 Å². The van der Waals surface area contributed by atoms with Crippen LogP contribution >= 0.6 is 15.9 Å². The second-order valence-electron chi connectivity index (χ2n) is 3.58. The van der Waals surface area contributed by atoms with Gasteiger partial charge in [0.25, 0.3) is 0 Å². The van der Waals surface area contributed by atoms with Gasteiger partial charge < -0.3 is 9.47 Å². The molecular formula is C13H20BrFO3. The van der Waals surface area contributed by atoms with Crippen LogP contribution in [0.25, 0.3) is 0 Å². The number of carbonyl (C=O) groups is 1. The Bertz CT molecular complexity index is 313. The second-order valence-corrected chi connectivity index (χ2v) is 4.59. The quantitative estimate of drug-likeness (QED) is 0.506. The Morgan fingerprint density at radius 2 is 2.06 bits per heavy atom. The smallest absolute Gasteiger partial charge is 0.308 e. The molecule has 0 aliphatic rings. The molecule has 0 spiro atoms. The molecule has 3 nitrogen and oxygen atoms in total. The third-order valence-corrected chi connectivity index (χ3v) is 2.85. The van der Waals surface area contributed by atoms with Crippen LogP contribution < -0.4 is 0 Å². The highest BCUT2D eigenvalue weighted by Crippen LogP contribution is 2.16. The number of hydrogen-bond acceptors (Lipinski definition) is 3. The summed E-state index contributed by atoms with van der Waals surface area (Å²) in [5.41, 5.74) is 0.927. The van der Waals surface area contributed by atoms with E-state index in [0.717, 1.165) is 12.0 Å². The fraction of sp³-hybridized carbons (Fsp3) is 0.615. The van der Waals surface area contributed by atoms with E-state index in [4.69, 9.17) is 9.47 Å². The van der Waals surface area contributed by atoms with Gasteiger partial charge in [0, 0.05) is 11.6 Å². The molecule has 0 aliphatic carbocycles. The third-order valence-electron chi connectivity index (χ3n) is 2.37. The molecular weight excluding hydrogens is 303 g/mol. The topological polar surface area (TPSA) is 35.5 Å². The van der Waals surface area contributed by atoms with Gasteiger partial charge in [-0.1, -0.05) is 28.9 Å². The molecule has 1 atom stereocenters. The summed E-state index contributed by atoms with van der Waals surface area (Å²) in [4.78, 5) is 11.4. The van der Waals surface area contributed by atoms with E-state index in [1.54, 1.807) is 26.2 Å². The number of alkyl halides is 1. The molecule has 0 fully saturated rings. The highest BCUT2D eigenvalue weighted by molar-refractivity contribution is 9.11. The molecule has 0 rings (SSSR count). The van der Waals surface area contributed by atoms with Gasteiger partial charge in [-0.25, -0.2) is 4.39 Å². The van der Waals surface area contributed by atoms with Crippen LogP contribution in [0, 0.1) is 0 Å². The molecule has 0 aromatic carbocycles. The van der Waals surface area contributed by atoms with E-state index in [1.807, 2.05) is 6.92 Å². The molecule has 0 saturated carbocycles. The Kier molecular flexibility index (Phi) is 9.87. The minimum Gasteiger partial charge on any atom is -0.466 e. The van der Waals surface area contributed by atoms with E-state index in [0.29, 0.717) is 11.1 Å². The van der Waals surface area contributed by atoms with Crippen molar-refractivity contribution >= 4 is 21.9 Å². The standard InChI is InChI=1S/C13H20BrFO3/c1-4-10(6-7-11(14)9-15)12(17-3)8-13(16)18-5-2/h6-7,12H,4-5,8-9H2,1-3H3/b10-6+,11-7+. The van der Waals surface area contributed by atoms with Gasteiger partial charge >= 0.3 is 5.97 Å². The predicted octanol–water partition coefficient (Wildman–Crippen LogP) is 3.54. The fourth-order valence-corrected chi connectivity index (χ4v) is 1.56. The summed E-state index contributed by atoms with van der Waals surface area (Å²) in [5.74, 6) is -0.294. The van der Waals surface area contributed by atoms with Crippen molar-refractivity contribution in [1.29, 1.82) is 0 Å². The zero-order valence-corrected chi connectivity index (χ0v) is 12.6. The van der Waals surface area contributed by atoms with Gasteiger partial charge in [0.15, 0.2) is 0 Å². The van der Waals surface area contributed by atoms with Crippen molar-refractivity contribution in [3.63, 3.8) is 0 Å². The lowest BCUT2D eigenvalue weighted by Gasteiger charge is -2.17. The Morgan fingerprint density at radius 1 is 1.39 bits per heavy atom. The number of rotatable bonds is 8. The Labute approximate surface area is 116 Å². The summed E-state index contributed by atoms with van der Waals surface area (Å²) in [6, 6.07) is 0. The molecule has 1 unspecified atom stereocenters. The van der Waals surface area contributed by atoms with E-state index >= 15 is 0 Å². The molecule has 0 aromatic rings. The lowest BCUT2D eigenvalue weighted by atomic mass is 10.0. The van der Waals surface area contributed by atoms with E-state index in [1.165, 1.54) is 0 Å². The average molecular weight is 323 g/mol. The first-order valence-electron chi connectivity index (χ1n) is 5.88. The summed E-state index contributed by atoms with van der Waals surface area (Å²) in [7, 11) is 1.54. The molecule has 0 N–H and O–H groups in total. The molecule has 18 heavy (non-hydrogen) atoms. The lowest BCUT2D eigenvalue weighted by molar-refractivity contribution is -0.145. The number of allylic oxidation sites excluding steroid dienone is 3. The molecule has 0 radical (unpaired) electrons. The first kappa shape index (κ1) is 17.3. The van der Waals surface area contributed by atoms with Crippen LogP contribution in [-0.4, -0.2) is 32.5 Å². The SMILES string of the molecule is CCOC(=O)CC(OC)/C(=C/C=C(/Br)CF)CC. The highest BCUT2D eigenvalue weighted by Gasteiger charge is 2.17. The van der Waals surface area contributed by atoms with Crippen molar-refractivity contribution in [1.82, 2.24) is 0 Å². The van der Waals surface area contributed by atoms with E-state index in [9.17, 15) is 9.18 Å². The van der Waals surface area contributed by atoms with Gasteiger partial charge in [0.05, 0.1) is 19.1 Å². The highest BCUT2D eigenvalue weighted by atomic mass is 79.9. The molecule has 5 heteroatoms. The van der Waals surface area contributed by atoms with Crippen LogP contribution in [0.2, 0.25) is 0 Å². The lowest BCUT2D eigenvalue weighted by Crippen LogP contribution is -2.20. The van der Waals surface area contributed by atoms with Crippen molar-refractivity contribution in [2.24, 2.45) is 0 Å². The van der Waals surface area contributed by atoms with Crippen LogP contribution in [0.15, 0.2) is 22.2 Å².